The Balaban J connectivity index is 1.69. The number of guanidine groups is 1. The summed E-state index contributed by atoms with van der Waals surface area (Å²) < 4.78 is 7.81. The molecule has 1 unspecified atom stereocenters. The normalized spacial score (nSPS) is 23.9. The Morgan fingerprint density at radius 3 is 2.84 bits per heavy atom. The third-order valence-corrected chi connectivity index (χ3v) is 5.78. The highest BCUT2D eigenvalue weighted by molar-refractivity contribution is 5.80. The summed E-state index contributed by atoms with van der Waals surface area (Å²) in [4.78, 5) is 7.40. The van der Waals surface area contributed by atoms with E-state index in [0.29, 0.717) is 5.41 Å². The minimum absolute atomic E-state index is 0.0675. The van der Waals surface area contributed by atoms with Crippen molar-refractivity contribution in [2.75, 3.05) is 32.8 Å². The molecule has 0 radical (unpaired) electrons. The first-order chi connectivity index (χ1) is 12.2. The van der Waals surface area contributed by atoms with Crippen LogP contribution in [0.2, 0.25) is 0 Å². The van der Waals surface area contributed by atoms with E-state index >= 15 is 0 Å². The van der Waals surface area contributed by atoms with E-state index in [9.17, 15) is 0 Å². The molecule has 3 rings (SSSR count). The molecule has 0 spiro atoms. The Morgan fingerprint density at radius 1 is 1.40 bits per heavy atom. The predicted octanol–water partition coefficient (Wildman–Crippen LogP) is 2.73. The Hall–Kier alpha value is -1.56. The van der Waals surface area contributed by atoms with Crippen molar-refractivity contribution in [2.45, 2.75) is 52.1 Å². The number of aryl methyl sites for hydroxylation is 1. The molecule has 6 nitrogen and oxygen atoms in total. The van der Waals surface area contributed by atoms with Crippen LogP contribution in [-0.4, -0.2) is 53.4 Å². The summed E-state index contributed by atoms with van der Waals surface area (Å²) in [6.07, 6.45) is 10.6. The van der Waals surface area contributed by atoms with Crippen LogP contribution in [0.3, 0.4) is 0 Å². The van der Waals surface area contributed by atoms with E-state index in [1.807, 2.05) is 24.1 Å². The van der Waals surface area contributed by atoms with Gasteiger partial charge in [0.15, 0.2) is 5.96 Å². The zero-order chi connectivity index (χ0) is 17.7. The molecular formula is C19H33N5O. The van der Waals surface area contributed by atoms with Crippen LogP contribution in [0.5, 0.6) is 0 Å². The SMILES string of the molecule is CCNC(=NCC1(CC)CCCC1)N1CCOC(c2cnn(C)c2)C1. The molecule has 1 aliphatic heterocycles. The van der Waals surface area contributed by atoms with Gasteiger partial charge in [0.1, 0.15) is 6.10 Å². The molecule has 0 amide bonds. The number of nitrogens with zero attached hydrogens (tertiary/aromatic N) is 4. The van der Waals surface area contributed by atoms with Gasteiger partial charge in [-0.1, -0.05) is 19.8 Å². The van der Waals surface area contributed by atoms with Gasteiger partial charge in [-0.25, -0.2) is 0 Å². The largest absolute Gasteiger partial charge is 0.370 e. The van der Waals surface area contributed by atoms with E-state index in [1.165, 1.54) is 32.1 Å². The zero-order valence-electron chi connectivity index (χ0n) is 16.0. The minimum Gasteiger partial charge on any atom is -0.370 e. The van der Waals surface area contributed by atoms with E-state index in [4.69, 9.17) is 9.73 Å². The van der Waals surface area contributed by atoms with Crippen molar-refractivity contribution in [3.63, 3.8) is 0 Å². The average Bonchev–Trinajstić information content (AvgIpc) is 3.28. The fraction of sp³-hybridized carbons (Fsp3) is 0.789. The van der Waals surface area contributed by atoms with Gasteiger partial charge in [0.05, 0.1) is 19.3 Å². The quantitative estimate of drug-likeness (QED) is 0.657. The molecule has 1 saturated carbocycles. The van der Waals surface area contributed by atoms with Crippen molar-refractivity contribution < 1.29 is 4.74 Å². The van der Waals surface area contributed by atoms with Crippen LogP contribution in [-0.2, 0) is 11.8 Å². The number of hydrogen-bond donors (Lipinski definition) is 1. The molecule has 1 aliphatic carbocycles. The molecule has 1 aromatic rings. The molecule has 140 valence electrons. The molecule has 1 atom stereocenters. The van der Waals surface area contributed by atoms with Gasteiger partial charge >= 0.3 is 0 Å². The Labute approximate surface area is 151 Å². The molecule has 0 bridgehead atoms. The van der Waals surface area contributed by atoms with Crippen molar-refractivity contribution in [1.29, 1.82) is 0 Å². The van der Waals surface area contributed by atoms with Gasteiger partial charge in [-0.05, 0) is 31.6 Å². The standard InChI is InChI=1S/C19H33N5O/c1-4-19(8-6-7-9-19)15-21-18(20-5-2)24-10-11-25-17(14-24)16-12-22-23(3)13-16/h12-13,17H,4-11,14-15H2,1-3H3,(H,20,21). The molecular weight excluding hydrogens is 314 g/mol. The summed E-state index contributed by atoms with van der Waals surface area (Å²) in [6, 6.07) is 0. The number of hydrogen-bond acceptors (Lipinski definition) is 3. The smallest absolute Gasteiger partial charge is 0.194 e. The summed E-state index contributed by atoms with van der Waals surface area (Å²) in [7, 11) is 1.95. The highest BCUT2D eigenvalue weighted by atomic mass is 16.5. The lowest BCUT2D eigenvalue weighted by molar-refractivity contribution is -0.00811. The maximum atomic E-state index is 5.98. The van der Waals surface area contributed by atoms with E-state index < -0.39 is 0 Å². The first kappa shape index (κ1) is 18.2. The monoisotopic (exact) mass is 347 g/mol. The Kier molecular flexibility index (Phi) is 5.99. The number of rotatable bonds is 5. The Bertz CT molecular complexity index is 576. The molecule has 1 N–H and O–H groups in total. The second-order valence-electron chi connectivity index (χ2n) is 7.48. The highest BCUT2D eigenvalue weighted by Crippen LogP contribution is 2.41. The second kappa shape index (κ2) is 8.21. The third kappa shape index (κ3) is 4.35. The van der Waals surface area contributed by atoms with Crippen LogP contribution in [0.4, 0.5) is 0 Å². The molecule has 2 heterocycles. The van der Waals surface area contributed by atoms with Crippen LogP contribution >= 0.6 is 0 Å². The van der Waals surface area contributed by atoms with Gasteiger partial charge < -0.3 is 15.0 Å². The topological polar surface area (TPSA) is 54.7 Å². The van der Waals surface area contributed by atoms with Gasteiger partial charge in [-0.3, -0.25) is 9.67 Å². The molecule has 6 heteroatoms. The molecule has 1 saturated heterocycles. The lowest BCUT2D eigenvalue weighted by Gasteiger charge is -2.35. The number of nitrogens with one attached hydrogen (secondary N) is 1. The fourth-order valence-electron chi connectivity index (χ4n) is 4.07. The van der Waals surface area contributed by atoms with Crippen LogP contribution in [0.15, 0.2) is 17.4 Å². The van der Waals surface area contributed by atoms with Gasteiger partial charge in [0.2, 0.25) is 0 Å². The molecule has 25 heavy (non-hydrogen) atoms. The van der Waals surface area contributed by atoms with Crippen molar-refractivity contribution in [3.8, 4) is 0 Å². The van der Waals surface area contributed by atoms with Gasteiger partial charge in [0.25, 0.3) is 0 Å². The molecule has 1 aromatic heterocycles. The maximum Gasteiger partial charge on any atom is 0.194 e. The van der Waals surface area contributed by atoms with Gasteiger partial charge in [-0.15, -0.1) is 0 Å². The molecule has 2 fully saturated rings. The summed E-state index contributed by atoms with van der Waals surface area (Å²) in [6.45, 7) is 8.75. The first-order valence-electron chi connectivity index (χ1n) is 9.79. The predicted molar refractivity (Wildman–Crippen MR) is 101 cm³/mol. The number of aromatic nitrogens is 2. The first-order valence-corrected chi connectivity index (χ1v) is 9.79. The highest BCUT2D eigenvalue weighted by Gasteiger charge is 2.32. The fourth-order valence-corrected chi connectivity index (χ4v) is 4.07. The third-order valence-electron chi connectivity index (χ3n) is 5.78. The number of ether oxygens (including phenoxy) is 1. The second-order valence-corrected chi connectivity index (χ2v) is 7.48. The maximum absolute atomic E-state index is 5.98. The molecule has 0 aromatic carbocycles. The summed E-state index contributed by atoms with van der Waals surface area (Å²) in [5.41, 5.74) is 1.57. The lowest BCUT2D eigenvalue weighted by Crippen LogP contribution is -2.48. The summed E-state index contributed by atoms with van der Waals surface area (Å²) in [5.74, 6) is 1.04. The van der Waals surface area contributed by atoms with Crippen molar-refractivity contribution in [1.82, 2.24) is 20.0 Å². The van der Waals surface area contributed by atoms with Crippen LogP contribution in [0.1, 0.15) is 57.6 Å². The summed E-state index contributed by atoms with van der Waals surface area (Å²) in [5, 5.41) is 7.77. The minimum atomic E-state index is 0.0675. The zero-order valence-corrected chi connectivity index (χ0v) is 16.0. The lowest BCUT2D eigenvalue weighted by atomic mass is 9.83. The Morgan fingerprint density at radius 2 is 2.20 bits per heavy atom. The van der Waals surface area contributed by atoms with Gasteiger partial charge in [-0.2, -0.15) is 5.10 Å². The van der Waals surface area contributed by atoms with Crippen molar-refractivity contribution >= 4 is 5.96 Å². The van der Waals surface area contributed by atoms with Gasteiger partial charge in [0, 0.05) is 38.4 Å². The van der Waals surface area contributed by atoms with E-state index in [2.05, 4.69) is 29.2 Å². The summed E-state index contributed by atoms with van der Waals surface area (Å²) >= 11 is 0. The van der Waals surface area contributed by atoms with E-state index in [1.54, 1.807) is 0 Å². The number of aliphatic imine (C=N–C) groups is 1. The van der Waals surface area contributed by atoms with Crippen LogP contribution in [0.25, 0.3) is 0 Å². The molecule has 2 aliphatic rings. The van der Waals surface area contributed by atoms with Crippen molar-refractivity contribution in [3.05, 3.63) is 18.0 Å². The average molecular weight is 348 g/mol. The van der Waals surface area contributed by atoms with Crippen molar-refractivity contribution in [2.24, 2.45) is 17.5 Å². The number of morpholine rings is 1. The van der Waals surface area contributed by atoms with Crippen LogP contribution in [0, 0.1) is 5.41 Å². The van der Waals surface area contributed by atoms with E-state index in [-0.39, 0.29) is 6.10 Å². The van der Waals surface area contributed by atoms with E-state index in [0.717, 1.165) is 44.3 Å². The van der Waals surface area contributed by atoms with Crippen LogP contribution < -0.4 is 5.32 Å².